The van der Waals surface area contributed by atoms with Gasteiger partial charge in [0.15, 0.2) is 5.82 Å². The number of alkyl halides is 3. The van der Waals surface area contributed by atoms with E-state index in [0.29, 0.717) is 24.3 Å². The summed E-state index contributed by atoms with van der Waals surface area (Å²) in [6.45, 7) is 4.89. The van der Waals surface area contributed by atoms with Crippen molar-refractivity contribution in [2.75, 3.05) is 6.54 Å². The van der Waals surface area contributed by atoms with E-state index in [-0.39, 0.29) is 17.6 Å². The number of rotatable bonds is 3. The molecule has 0 radical (unpaired) electrons. The highest BCUT2D eigenvalue weighted by molar-refractivity contribution is 5.96. The predicted octanol–water partition coefficient (Wildman–Crippen LogP) is 5.09. The van der Waals surface area contributed by atoms with E-state index >= 15 is 0 Å². The van der Waals surface area contributed by atoms with Crippen molar-refractivity contribution >= 4 is 16.8 Å². The Labute approximate surface area is 188 Å². The Hall–Kier alpha value is -3.62. The summed E-state index contributed by atoms with van der Waals surface area (Å²) in [6, 6.07) is 10.3. The molecule has 33 heavy (non-hydrogen) atoms. The average Bonchev–Trinajstić information content (AvgIpc) is 3.40. The lowest BCUT2D eigenvalue weighted by molar-refractivity contribution is -0.137. The van der Waals surface area contributed by atoms with Gasteiger partial charge in [-0.25, -0.2) is 9.67 Å². The average molecular weight is 453 g/mol. The first-order valence-corrected chi connectivity index (χ1v) is 10.7. The number of para-hydroxylation sites is 1. The molecule has 1 aliphatic heterocycles. The molecule has 0 atom stereocenters. The summed E-state index contributed by atoms with van der Waals surface area (Å²) in [5, 5.41) is 5.43. The quantitative estimate of drug-likeness (QED) is 0.470. The third-order valence-electron chi connectivity index (χ3n) is 6.05. The Morgan fingerprint density at radius 1 is 1.12 bits per heavy atom. The molecule has 4 aromatic rings. The molecule has 0 unspecified atom stereocenters. The highest BCUT2D eigenvalue weighted by Crippen LogP contribution is 2.31. The summed E-state index contributed by atoms with van der Waals surface area (Å²) in [5.74, 6) is 0.0000785. The van der Waals surface area contributed by atoms with Gasteiger partial charge in [-0.05, 0) is 24.1 Å². The monoisotopic (exact) mass is 453 g/mol. The third-order valence-corrected chi connectivity index (χ3v) is 6.05. The van der Waals surface area contributed by atoms with E-state index in [4.69, 9.17) is 0 Å². The van der Waals surface area contributed by atoms with E-state index < -0.39 is 11.7 Å². The molecule has 0 aliphatic carbocycles. The number of aromatic nitrogens is 4. The number of carbonyl (C=O) groups excluding carboxylic acids is 1. The van der Waals surface area contributed by atoms with Crippen LogP contribution in [0.15, 0.2) is 48.8 Å². The van der Waals surface area contributed by atoms with Gasteiger partial charge in [-0.2, -0.15) is 18.3 Å². The summed E-state index contributed by atoms with van der Waals surface area (Å²) < 4.78 is 40.2. The zero-order valence-corrected chi connectivity index (χ0v) is 18.1. The molecule has 9 heteroatoms. The standard InChI is InChI=1S/C24H22F3N5O/c1-14(2)22-17(12-29-32(22)21-8-7-15(11-28-21)24(25,26)27)23(33)31-10-9-20-18(13-31)16-5-3-4-6-19(16)30-20/h3-8,11-12,14,30H,9-10,13H2,1-2H3. The van der Waals surface area contributed by atoms with Crippen molar-refractivity contribution in [2.24, 2.45) is 0 Å². The fourth-order valence-corrected chi connectivity index (χ4v) is 4.45. The van der Waals surface area contributed by atoms with Crippen molar-refractivity contribution in [2.45, 2.75) is 38.9 Å². The SMILES string of the molecule is CC(C)c1c(C(=O)N2CCc3[nH]c4ccccc4c3C2)cnn1-c1ccc(C(F)(F)F)cn1. The Kier molecular flexibility index (Phi) is 4.99. The zero-order valence-electron chi connectivity index (χ0n) is 18.1. The lowest BCUT2D eigenvalue weighted by atomic mass is 10.0. The molecule has 0 saturated carbocycles. The maximum atomic E-state index is 13.5. The van der Waals surface area contributed by atoms with Crippen molar-refractivity contribution < 1.29 is 18.0 Å². The molecule has 1 aromatic carbocycles. The molecule has 1 amide bonds. The van der Waals surface area contributed by atoms with Gasteiger partial charge >= 0.3 is 6.18 Å². The number of amides is 1. The van der Waals surface area contributed by atoms with Crippen LogP contribution in [0.3, 0.4) is 0 Å². The lowest BCUT2D eigenvalue weighted by Gasteiger charge is -2.27. The Morgan fingerprint density at radius 3 is 2.61 bits per heavy atom. The largest absolute Gasteiger partial charge is 0.417 e. The highest BCUT2D eigenvalue weighted by Gasteiger charge is 2.32. The summed E-state index contributed by atoms with van der Waals surface area (Å²) in [4.78, 5) is 22.7. The summed E-state index contributed by atoms with van der Waals surface area (Å²) in [7, 11) is 0. The molecule has 1 aliphatic rings. The number of halogens is 3. The maximum Gasteiger partial charge on any atom is 0.417 e. The summed E-state index contributed by atoms with van der Waals surface area (Å²) in [5.41, 5.74) is 3.55. The molecule has 1 N–H and O–H groups in total. The third kappa shape index (κ3) is 3.67. The number of aromatic amines is 1. The smallest absolute Gasteiger partial charge is 0.358 e. The van der Waals surface area contributed by atoms with Gasteiger partial charge in [0.1, 0.15) is 0 Å². The van der Waals surface area contributed by atoms with Crippen molar-refractivity contribution in [3.63, 3.8) is 0 Å². The number of benzene rings is 1. The minimum atomic E-state index is -4.47. The minimum Gasteiger partial charge on any atom is -0.358 e. The number of carbonyl (C=O) groups is 1. The first-order valence-electron chi connectivity index (χ1n) is 10.7. The number of nitrogens with one attached hydrogen (secondary N) is 1. The zero-order chi connectivity index (χ0) is 23.3. The molecule has 4 heterocycles. The van der Waals surface area contributed by atoms with E-state index in [1.807, 2.05) is 38.1 Å². The highest BCUT2D eigenvalue weighted by atomic mass is 19.4. The van der Waals surface area contributed by atoms with E-state index in [1.54, 1.807) is 4.90 Å². The number of H-pyrrole nitrogens is 1. The van der Waals surface area contributed by atoms with Gasteiger partial charge in [0.25, 0.3) is 5.91 Å². The Balaban J connectivity index is 1.47. The van der Waals surface area contributed by atoms with Crippen LogP contribution in [-0.2, 0) is 19.1 Å². The van der Waals surface area contributed by atoms with E-state index in [2.05, 4.69) is 15.1 Å². The van der Waals surface area contributed by atoms with Gasteiger partial charge in [-0.3, -0.25) is 4.79 Å². The second kappa shape index (κ2) is 7.75. The Morgan fingerprint density at radius 2 is 1.91 bits per heavy atom. The number of nitrogens with zero attached hydrogens (tertiary/aromatic N) is 4. The van der Waals surface area contributed by atoms with Crippen LogP contribution in [0, 0.1) is 0 Å². The number of pyridine rings is 1. The second-order valence-corrected chi connectivity index (χ2v) is 8.52. The van der Waals surface area contributed by atoms with Crippen LogP contribution in [-0.4, -0.2) is 37.1 Å². The van der Waals surface area contributed by atoms with Crippen molar-refractivity contribution in [1.82, 2.24) is 24.6 Å². The fraction of sp³-hybridized carbons (Fsp3) is 0.292. The number of fused-ring (bicyclic) bond motifs is 3. The number of hydrogen-bond donors (Lipinski definition) is 1. The second-order valence-electron chi connectivity index (χ2n) is 8.52. The minimum absolute atomic E-state index is 0.0935. The van der Waals surface area contributed by atoms with Crippen LogP contribution in [0.4, 0.5) is 13.2 Å². The molecule has 0 spiro atoms. The van der Waals surface area contributed by atoms with Crippen molar-refractivity contribution in [3.8, 4) is 5.82 Å². The molecule has 0 bridgehead atoms. The van der Waals surface area contributed by atoms with Gasteiger partial charge in [-0.1, -0.05) is 32.0 Å². The van der Waals surface area contributed by atoms with Crippen LogP contribution in [0.2, 0.25) is 0 Å². The van der Waals surface area contributed by atoms with Crippen molar-refractivity contribution in [3.05, 3.63) is 76.9 Å². The molecular weight excluding hydrogens is 431 g/mol. The van der Waals surface area contributed by atoms with Crippen LogP contribution in [0.5, 0.6) is 0 Å². The summed E-state index contributed by atoms with van der Waals surface area (Å²) >= 11 is 0. The molecule has 6 nitrogen and oxygen atoms in total. The van der Waals surface area contributed by atoms with E-state index in [1.165, 1.54) is 16.9 Å². The lowest BCUT2D eigenvalue weighted by Crippen LogP contribution is -2.36. The molecule has 170 valence electrons. The fourth-order valence-electron chi connectivity index (χ4n) is 4.45. The number of hydrogen-bond acceptors (Lipinski definition) is 3. The van der Waals surface area contributed by atoms with Crippen LogP contribution in [0.25, 0.3) is 16.7 Å². The van der Waals surface area contributed by atoms with Crippen LogP contribution < -0.4 is 0 Å². The summed E-state index contributed by atoms with van der Waals surface area (Å²) in [6.07, 6.45) is -1.47. The molecule has 3 aromatic heterocycles. The van der Waals surface area contributed by atoms with Gasteiger partial charge in [-0.15, -0.1) is 0 Å². The predicted molar refractivity (Wildman–Crippen MR) is 117 cm³/mol. The van der Waals surface area contributed by atoms with Crippen LogP contribution >= 0.6 is 0 Å². The molecule has 0 fully saturated rings. The van der Waals surface area contributed by atoms with Gasteiger partial charge in [0, 0.05) is 47.9 Å². The van der Waals surface area contributed by atoms with E-state index in [9.17, 15) is 18.0 Å². The van der Waals surface area contributed by atoms with Crippen molar-refractivity contribution in [1.29, 1.82) is 0 Å². The first kappa shape index (κ1) is 21.2. The topological polar surface area (TPSA) is 66.8 Å². The molecule has 0 saturated heterocycles. The normalized spacial score (nSPS) is 14.2. The van der Waals surface area contributed by atoms with E-state index in [0.717, 1.165) is 40.8 Å². The first-order chi connectivity index (χ1) is 15.7. The van der Waals surface area contributed by atoms with Gasteiger partial charge in [0.2, 0.25) is 0 Å². The van der Waals surface area contributed by atoms with Crippen LogP contribution in [0.1, 0.15) is 52.6 Å². The Bertz CT molecular complexity index is 1330. The molecular formula is C24H22F3N5O. The molecule has 5 rings (SSSR count). The van der Waals surface area contributed by atoms with Gasteiger partial charge in [0.05, 0.1) is 23.0 Å². The van der Waals surface area contributed by atoms with Gasteiger partial charge < -0.3 is 9.88 Å². The maximum absolute atomic E-state index is 13.5.